The summed E-state index contributed by atoms with van der Waals surface area (Å²) in [7, 11) is 0. The van der Waals surface area contributed by atoms with Crippen molar-refractivity contribution in [1.82, 2.24) is 19.7 Å². The number of aliphatic hydroxyl groups excluding tert-OH is 1. The Labute approximate surface area is 115 Å². The van der Waals surface area contributed by atoms with E-state index in [0.29, 0.717) is 25.5 Å². The van der Waals surface area contributed by atoms with E-state index in [0.717, 1.165) is 4.57 Å². The molecule has 114 valence electrons. The van der Waals surface area contributed by atoms with Gasteiger partial charge in [-0.2, -0.15) is 13.2 Å². The van der Waals surface area contributed by atoms with Gasteiger partial charge in [-0.05, 0) is 6.92 Å². The maximum absolute atomic E-state index is 12.7. The maximum Gasteiger partial charge on any atom is 0.451 e. The van der Waals surface area contributed by atoms with Crippen LogP contribution >= 0.6 is 0 Å². The second-order valence-electron chi connectivity index (χ2n) is 5.96. The summed E-state index contributed by atoms with van der Waals surface area (Å²) in [6.45, 7) is 7.19. The van der Waals surface area contributed by atoms with Crippen molar-refractivity contribution in [3.8, 4) is 0 Å². The number of aromatic nitrogens is 3. The molecule has 20 heavy (non-hydrogen) atoms. The first-order valence-electron chi connectivity index (χ1n) is 6.51. The fraction of sp³-hybridized carbons (Fsp3) is 0.833. The van der Waals surface area contributed by atoms with E-state index in [1.54, 1.807) is 6.92 Å². The Hall–Kier alpha value is -1.15. The molecule has 0 amide bonds. The van der Waals surface area contributed by atoms with Gasteiger partial charge in [-0.15, -0.1) is 10.2 Å². The van der Waals surface area contributed by atoms with E-state index in [2.05, 4.69) is 10.2 Å². The molecule has 2 heterocycles. The van der Waals surface area contributed by atoms with Gasteiger partial charge in [-0.25, -0.2) is 0 Å². The second-order valence-corrected chi connectivity index (χ2v) is 5.96. The van der Waals surface area contributed by atoms with Crippen LogP contribution in [0.5, 0.6) is 0 Å². The zero-order chi connectivity index (χ0) is 15.1. The van der Waals surface area contributed by atoms with Gasteiger partial charge in [0.25, 0.3) is 0 Å². The Balaban J connectivity index is 2.11. The molecule has 0 aliphatic carbocycles. The molecule has 0 saturated heterocycles. The van der Waals surface area contributed by atoms with Crippen LogP contribution in [0.4, 0.5) is 13.2 Å². The lowest BCUT2D eigenvalue weighted by molar-refractivity contribution is -0.148. The van der Waals surface area contributed by atoms with Crippen molar-refractivity contribution >= 4 is 0 Å². The number of halogens is 3. The minimum Gasteiger partial charge on any atom is -0.393 e. The average molecular weight is 292 g/mol. The molecule has 0 bridgehead atoms. The molecule has 0 radical (unpaired) electrons. The van der Waals surface area contributed by atoms with Crippen LogP contribution in [0.3, 0.4) is 0 Å². The molecule has 1 N–H and O–H groups in total. The lowest BCUT2D eigenvalue weighted by Gasteiger charge is -2.36. The van der Waals surface area contributed by atoms with Crippen LogP contribution in [-0.2, 0) is 19.3 Å². The SMILES string of the molecule is CC(O)C(C)(C)CN1CCn2c(nnc2C(F)(F)F)C1. The molecular formula is C12H19F3N4O. The number of nitrogens with zero attached hydrogens (tertiary/aromatic N) is 4. The van der Waals surface area contributed by atoms with Gasteiger partial charge in [0.2, 0.25) is 5.82 Å². The first-order chi connectivity index (χ1) is 9.11. The van der Waals surface area contributed by atoms with E-state index >= 15 is 0 Å². The molecule has 1 aromatic heterocycles. The van der Waals surface area contributed by atoms with Crippen LogP contribution in [-0.4, -0.2) is 44.0 Å². The van der Waals surface area contributed by atoms with Crippen molar-refractivity contribution in [2.45, 2.75) is 46.1 Å². The van der Waals surface area contributed by atoms with E-state index in [-0.39, 0.29) is 12.0 Å². The van der Waals surface area contributed by atoms with Crippen molar-refractivity contribution in [1.29, 1.82) is 0 Å². The fourth-order valence-corrected chi connectivity index (χ4v) is 2.26. The van der Waals surface area contributed by atoms with E-state index in [1.165, 1.54) is 0 Å². The molecule has 0 aromatic carbocycles. The molecule has 0 spiro atoms. The van der Waals surface area contributed by atoms with Gasteiger partial charge < -0.3 is 9.67 Å². The van der Waals surface area contributed by atoms with E-state index in [1.807, 2.05) is 18.7 Å². The normalized spacial score (nSPS) is 18.9. The summed E-state index contributed by atoms with van der Waals surface area (Å²) in [4.78, 5) is 2.00. The Morgan fingerprint density at radius 1 is 1.25 bits per heavy atom. The zero-order valence-corrected chi connectivity index (χ0v) is 11.8. The van der Waals surface area contributed by atoms with E-state index in [4.69, 9.17) is 0 Å². The van der Waals surface area contributed by atoms with Gasteiger partial charge in [-0.3, -0.25) is 4.90 Å². The smallest absolute Gasteiger partial charge is 0.393 e. The number of fused-ring (bicyclic) bond motifs is 1. The molecule has 1 atom stereocenters. The number of hydrogen-bond donors (Lipinski definition) is 1. The van der Waals surface area contributed by atoms with E-state index < -0.39 is 18.1 Å². The molecule has 8 heteroatoms. The summed E-state index contributed by atoms with van der Waals surface area (Å²) in [6, 6.07) is 0. The van der Waals surface area contributed by atoms with Crippen LogP contribution in [0.25, 0.3) is 0 Å². The summed E-state index contributed by atoms with van der Waals surface area (Å²) in [5, 5.41) is 16.6. The second kappa shape index (κ2) is 5.00. The molecule has 1 aliphatic heterocycles. The van der Waals surface area contributed by atoms with Gasteiger partial charge >= 0.3 is 6.18 Å². The molecule has 5 nitrogen and oxygen atoms in total. The topological polar surface area (TPSA) is 54.2 Å². The highest BCUT2D eigenvalue weighted by atomic mass is 19.4. The number of rotatable bonds is 3. The molecular weight excluding hydrogens is 273 g/mol. The van der Waals surface area contributed by atoms with Crippen molar-refractivity contribution in [2.24, 2.45) is 5.41 Å². The predicted molar refractivity (Wildman–Crippen MR) is 65.8 cm³/mol. The first-order valence-corrected chi connectivity index (χ1v) is 6.51. The number of alkyl halides is 3. The molecule has 0 saturated carbocycles. The van der Waals surface area contributed by atoms with Crippen LogP contribution in [0, 0.1) is 5.41 Å². The predicted octanol–water partition coefficient (Wildman–Crippen LogP) is 1.52. The molecule has 2 rings (SSSR count). The van der Waals surface area contributed by atoms with Crippen LogP contribution in [0.1, 0.15) is 32.4 Å². The van der Waals surface area contributed by atoms with Gasteiger partial charge in [0.1, 0.15) is 5.82 Å². The summed E-state index contributed by atoms with van der Waals surface area (Å²) >= 11 is 0. The number of hydrogen-bond acceptors (Lipinski definition) is 4. The van der Waals surface area contributed by atoms with Crippen molar-refractivity contribution in [2.75, 3.05) is 13.1 Å². The zero-order valence-electron chi connectivity index (χ0n) is 11.8. The molecule has 0 fully saturated rings. The van der Waals surface area contributed by atoms with Crippen LogP contribution in [0.15, 0.2) is 0 Å². The van der Waals surface area contributed by atoms with Crippen LogP contribution < -0.4 is 0 Å². The third-order valence-corrected chi connectivity index (χ3v) is 3.85. The highest BCUT2D eigenvalue weighted by Gasteiger charge is 2.40. The van der Waals surface area contributed by atoms with Gasteiger partial charge in [0.05, 0.1) is 12.6 Å². The Morgan fingerprint density at radius 2 is 1.90 bits per heavy atom. The highest BCUT2D eigenvalue weighted by molar-refractivity contribution is 5.02. The van der Waals surface area contributed by atoms with Gasteiger partial charge in [0, 0.05) is 25.0 Å². The number of aliphatic hydroxyl groups is 1. The lowest BCUT2D eigenvalue weighted by atomic mass is 9.87. The monoisotopic (exact) mass is 292 g/mol. The van der Waals surface area contributed by atoms with E-state index in [9.17, 15) is 18.3 Å². The summed E-state index contributed by atoms with van der Waals surface area (Å²) < 4.78 is 39.3. The molecule has 1 unspecified atom stereocenters. The first kappa shape index (κ1) is 15.2. The highest BCUT2D eigenvalue weighted by Crippen LogP contribution is 2.30. The summed E-state index contributed by atoms with van der Waals surface area (Å²) in [6.07, 6.45) is -4.96. The van der Waals surface area contributed by atoms with Gasteiger partial charge in [-0.1, -0.05) is 13.8 Å². The largest absolute Gasteiger partial charge is 0.451 e. The standard InChI is InChI=1S/C12H19F3N4O/c1-8(20)11(2,3)7-18-4-5-19-9(6-18)16-17-10(19)12(13,14)15/h8,20H,4-7H2,1-3H3. The Kier molecular flexibility index (Phi) is 3.81. The Bertz CT molecular complexity index is 482. The third kappa shape index (κ3) is 2.95. The van der Waals surface area contributed by atoms with Gasteiger partial charge in [0.15, 0.2) is 0 Å². The lowest BCUT2D eigenvalue weighted by Crippen LogP contribution is -2.44. The maximum atomic E-state index is 12.7. The van der Waals surface area contributed by atoms with Crippen molar-refractivity contribution in [3.63, 3.8) is 0 Å². The third-order valence-electron chi connectivity index (χ3n) is 3.85. The average Bonchev–Trinajstić information content (AvgIpc) is 2.70. The quantitative estimate of drug-likeness (QED) is 0.918. The summed E-state index contributed by atoms with van der Waals surface area (Å²) in [5.41, 5.74) is -0.324. The minimum absolute atomic E-state index is 0.215. The Morgan fingerprint density at radius 3 is 2.45 bits per heavy atom. The molecule has 1 aromatic rings. The summed E-state index contributed by atoms with van der Waals surface area (Å²) in [5.74, 6) is -0.605. The van der Waals surface area contributed by atoms with Crippen LogP contribution in [0.2, 0.25) is 0 Å². The minimum atomic E-state index is -4.47. The molecule has 1 aliphatic rings. The van der Waals surface area contributed by atoms with Crippen molar-refractivity contribution in [3.05, 3.63) is 11.6 Å². The van der Waals surface area contributed by atoms with Crippen molar-refractivity contribution < 1.29 is 18.3 Å². The fourth-order valence-electron chi connectivity index (χ4n) is 2.26.